The van der Waals surface area contributed by atoms with Crippen LogP contribution in [-0.2, 0) is 6.42 Å². The van der Waals surface area contributed by atoms with Crippen molar-refractivity contribution >= 4 is 6.01 Å². The summed E-state index contributed by atoms with van der Waals surface area (Å²) in [4.78, 5) is 0. The molecule has 1 aromatic rings. The van der Waals surface area contributed by atoms with Gasteiger partial charge in [0, 0.05) is 13.0 Å². The van der Waals surface area contributed by atoms with Crippen molar-refractivity contribution in [2.75, 3.05) is 18.5 Å². The Kier molecular flexibility index (Phi) is 4.13. The molecule has 2 rings (SSSR count). The van der Waals surface area contributed by atoms with E-state index in [2.05, 4.69) is 15.5 Å². The molecule has 1 aliphatic rings. The lowest BCUT2D eigenvalue weighted by molar-refractivity contribution is 0.330. The second-order valence-electron chi connectivity index (χ2n) is 4.32. The number of hydrogen-bond acceptors (Lipinski definition) is 4. The molecule has 0 unspecified atom stereocenters. The Morgan fingerprint density at radius 2 is 2.06 bits per heavy atom. The first-order valence-electron chi connectivity index (χ1n) is 6.00. The van der Waals surface area contributed by atoms with Gasteiger partial charge in [-0.1, -0.05) is 24.4 Å². The normalized spacial score (nSPS) is 17.6. The Hall–Kier alpha value is -1.13. The van der Waals surface area contributed by atoms with Crippen molar-refractivity contribution in [2.45, 2.75) is 38.5 Å². The van der Waals surface area contributed by atoms with Crippen LogP contribution in [-0.4, -0.2) is 23.4 Å². The van der Waals surface area contributed by atoms with Gasteiger partial charge in [0.1, 0.15) is 6.67 Å². The second kappa shape index (κ2) is 5.82. The number of halogens is 1. The van der Waals surface area contributed by atoms with Crippen LogP contribution in [0.4, 0.5) is 10.4 Å². The number of rotatable bonds is 5. The smallest absolute Gasteiger partial charge is 0.315 e. The zero-order valence-electron chi connectivity index (χ0n) is 9.41. The van der Waals surface area contributed by atoms with E-state index in [9.17, 15) is 4.39 Å². The Bertz CT molecular complexity index is 310. The summed E-state index contributed by atoms with van der Waals surface area (Å²) >= 11 is 0. The lowest BCUT2D eigenvalue weighted by atomic mass is 9.87. The fourth-order valence-corrected chi connectivity index (χ4v) is 2.20. The maximum absolute atomic E-state index is 11.9. The third-order valence-corrected chi connectivity index (χ3v) is 3.03. The molecule has 90 valence electrons. The number of anilines is 1. The van der Waals surface area contributed by atoms with Gasteiger partial charge in [-0.15, -0.1) is 5.10 Å². The molecule has 0 saturated heterocycles. The van der Waals surface area contributed by atoms with E-state index in [4.69, 9.17) is 4.42 Å². The van der Waals surface area contributed by atoms with Crippen LogP contribution in [0.5, 0.6) is 0 Å². The minimum Gasteiger partial charge on any atom is -0.408 e. The largest absolute Gasteiger partial charge is 0.408 e. The van der Waals surface area contributed by atoms with Crippen LogP contribution in [0.15, 0.2) is 4.42 Å². The molecule has 5 heteroatoms. The van der Waals surface area contributed by atoms with Gasteiger partial charge < -0.3 is 9.73 Å². The van der Waals surface area contributed by atoms with Gasteiger partial charge >= 0.3 is 6.01 Å². The molecule has 0 spiro atoms. The predicted octanol–water partition coefficient (Wildman–Crippen LogP) is 2.57. The molecule has 1 saturated carbocycles. The summed E-state index contributed by atoms with van der Waals surface area (Å²) in [6.45, 7) is -0.203. The molecule has 4 nitrogen and oxygen atoms in total. The summed E-state index contributed by atoms with van der Waals surface area (Å²) in [7, 11) is 0. The zero-order valence-corrected chi connectivity index (χ0v) is 9.41. The van der Waals surface area contributed by atoms with E-state index >= 15 is 0 Å². The maximum Gasteiger partial charge on any atom is 0.315 e. The minimum atomic E-state index is -0.430. The van der Waals surface area contributed by atoms with Gasteiger partial charge in [0.15, 0.2) is 0 Å². The highest BCUT2D eigenvalue weighted by Crippen LogP contribution is 2.26. The quantitative estimate of drug-likeness (QED) is 0.840. The molecule has 16 heavy (non-hydrogen) atoms. The Balaban J connectivity index is 1.81. The average molecular weight is 227 g/mol. The van der Waals surface area contributed by atoms with Gasteiger partial charge in [-0.05, 0) is 18.8 Å². The van der Waals surface area contributed by atoms with E-state index in [1.54, 1.807) is 0 Å². The van der Waals surface area contributed by atoms with E-state index in [0.717, 1.165) is 6.42 Å². The fraction of sp³-hybridized carbons (Fsp3) is 0.818. The van der Waals surface area contributed by atoms with Crippen LogP contribution < -0.4 is 5.32 Å². The van der Waals surface area contributed by atoms with Crippen molar-refractivity contribution in [1.82, 2.24) is 10.2 Å². The van der Waals surface area contributed by atoms with E-state index in [0.29, 0.717) is 17.8 Å². The molecule has 1 heterocycles. The Morgan fingerprint density at radius 3 is 2.81 bits per heavy atom. The number of aromatic nitrogens is 2. The molecule has 1 N–H and O–H groups in total. The summed E-state index contributed by atoms with van der Waals surface area (Å²) in [5.41, 5.74) is 0. The molecule has 1 aromatic heterocycles. The molecular weight excluding hydrogens is 209 g/mol. The summed E-state index contributed by atoms with van der Waals surface area (Å²) in [6, 6.07) is 0.337. The number of alkyl halides is 1. The monoisotopic (exact) mass is 227 g/mol. The predicted molar refractivity (Wildman–Crippen MR) is 59.0 cm³/mol. The van der Waals surface area contributed by atoms with Gasteiger partial charge in [0.25, 0.3) is 0 Å². The van der Waals surface area contributed by atoms with Crippen LogP contribution in [0, 0.1) is 5.92 Å². The van der Waals surface area contributed by atoms with Crippen molar-refractivity contribution in [2.24, 2.45) is 5.92 Å². The molecule has 1 aliphatic carbocycles. The number of nitrogens with zero attached hydrogens (tertiary/aromatic N) is 2. The third kappa shape index (κ3) is 3.18. The van der Waals surface area contributed by atoms with Gasteiger partial charge in [-0.2, -0.15) is 0 Å². The number of hydrogen-bond donors (Lipinski definition) is 1. The first-order valence-corrected chi connectivity index (χ1v) is 6.00. The fourth-order valence-electron chi connectivity index (χ4n) is 2.20. The maximum atomic E-state index is 11.9. The summed E-state index contributed by atoms with van der Waals surface area (Å²) < 4.78 is 17.3. The van der Waals surface area contributed by atoms with Crippen molar-refractivity contribution in [1.29, 1.82) is 0 Å². The molecule has 0 aliphatic heterocycles. The van der Waals surface area contributed by atoms with Crippen LogP contribution in [0.2, 0.25) is 0 Å². The molecular formula is C11H18FN3O. The van der Waals surface area contributed by atoms with Gasteiger partial charge in [-0.3, -0.25) is 0 Å². The molecule has 1 fully saturated rings. The second-order valence-corrected chi connectivity index (χ2v) is 4.32. The zero-order chi connectivity index (χ0) is 11.2. The van der Waals surface area contributed by atoms with E-state index < -0.39 is 6.67 Å². The average Bonchev–Trinajstić information content (AvgIpc) is 2.75. The molecule has 0 radical (unpaired) electrons. The Labute approximate surface area is 94.6 Å². The highest BCUT2D eigenvalue weighted by atomic mass is 19.1. The van der Waals surface area contributed by atoms with E-state index in [-0.39, 0.29) is 6.54 Å². The van der Waals surface area contributed by atoms with Crippen LogP contribution in [0.1, 0.15) is 38.0 Å². The lowest BCUT2D eigenvalue weighted by Crippen LogP contribution is -2.09. The van der Waals surface area contributed by atoms with Gasteiger partial charge in [-0.25, -0.2) is 4.39 Å². The highest BCUT2D eigenvalue weighted by molar-refractivity contribution is 5.16. The SMILES string of the molecule is FCCNc1nnc(CC2CCCCC2)o1. The first-order chi connectivity index (χ1) is 7.88. The summed E-state index contributed by atoms with van der Waals surface area (Å²) in [5, 5.41) is 10.5. The first kappa shape index (κ1) is 11.4. The lowest BCUT2D eigenvalue weighted by Gasteiger charge is -2.19. The van der Waals surface area contributed by atoms with Crippen molar-refractivity contribution in [3.8, 4) is 0 Å². The van der Waals surface area contributed by atoms with Crippen molar-refractivity contribution < 1.29 is 8.81 Å². The minimum absolute atomic E-state index is 0.227. The third-order valence-electron chi connectivity index (χ3n) is 3.03. The molecule has 0 bridgehead atoms. The van der Waals surface area contributed by atoms with Crippen LogP contribution in [0.3, 0.4) is 0 Å². The number of nitrogens with one attached hydrogen (secondary N) is 1. The molecule has 0 aromatic carbocycles. The van der Waals surface area contributed by atoms with E-state index in [1.807, 2.05) is 0 Å². The standard InChI is InChI=1S/C11H18FN3O/c12-6-7-13-11-15-14-10(16-11)8-9-4-2-1-3-5-9/h9H,1-8H2,(H,13,15). The summed E-state index contributed by atoms with van der Waals surface area (Å²) in [6.07, 6.45) is 7.36. The van der Waals surface area contributed by atoms with Gasteiger partial charge in [0.2, 0.25) is 5.89 Å². The molecule has 0 amide bonds. The highest BCUT2D eigenvalue weighted by Gasteiger charge is 2.17. The van der Waals surface area contributed by atoms with Crippen molar-refractivity contribution in [3.05, 3.63) is 5.89 Å². The summed E-state index contributed by atoms with van der Waals surface area (Å²) in [5.74, 6) is 1.36. The topological polar surface area (TPSA) is 51.0 Å². The van der Waals surface area contributed by atoms with Crippen LogP contribution >= 0.6 is 0 Å². The van der Waals surface area contributed by atoms with Gasteiger partial charge in [0.05, 0.1) is 0 Å². The van der Waals surface area contributed by atoms with Crippen molar-refractivity contribution in [3.63, 3.8) is 0 Å². The van der Waals surface area contributed by atoms with Crippen LogP contribution in [0.25, 0.3) is 0 Å². The molecule has 0 atom stereocenters. The Morgan fingerprint density at radius 1 is 1.25 bits per heavy atom. The van der Waals surface area contributed by atoms with E-state index in [1.165, 1.54) is 32.1 Å².